The molecule has 1 aliphatic rings. The summed E-state index contributed by atoms with van der Waals surface area (Å²) < 4.78 is 5.32. The zero-order chi connectivity index (χ0) is 13.1. The first-order valence-electron chi connectivity index (χ1n) is 6.12. The van der Waals surface area contributed by atoms with Crippen LogP contribution < -0.4 is 5.32 Å². The lowest BCUT2D eigenvalue weighted by Gasteiger charge is -2.30. The van der Waals surface area contributed by atoms with Gasteiger partial charge in [0.1, 0.15) is 11.6 Å². The second-order valence-electron chi connectivity index (χ2n) is 5.24. The molecule has 0 aromatic carbocycles. The summed E-state index contributed by atoms with van der Waals surface area (Å²) in [5.74, 6) is -0.0872. The maximum absolute atomic E-state index is 12.0. The molecule has 1 N–H and O–H groups in total. The van der Waals surface area contributed by atoms with Crippen molar-refractivity contribution in [2.24, 2.45) is 0 Å². The lowest BCUT2D eigenvalue weighted by molar-refractivity contribution is -0.125. The Morgan fingerprint density at radius 2 is 2.18 bits per heavy atom. The van der Waals surface area contributed by atoms with Crippen LogP contribution in [0.25, 0.3) is 0 Å². The van der Waals surface area contributed by atoms with E-state index in [0.29, 0.717) is 19.5 Å². The highest BCUT2D eigenvalue weighted by Crippen LogP contribution is 2.15. The van der Waals surface area contributed by atoms with Crippen molar-refractivity contribution >= 4 is 12.0 Å². The third-order valence-electron chi connectivity index (χ3n) is 2.57. The van der Waals surface area contributed by atoms with Crippen molar-refractivity contribution in [2.75, 3.05) is 13.1 Å². The monoisotopic (exact) mass is 242 g/mol. The number of carbonyl (C=O) groups is 2. The molecule has 0 saturated carbocycles. The lowest BCUT2D eigenvalue weighted by Crippen LogP contribution is -2.48. The van der Waals surface area contributed by atoms with E-state index in [1.54, 1.807) is 0 Å². The average molecular weight is 242 g/mol. The Balaban J connectivity index is 2.77. The topological polar surface area (TPSA) is 58.6 Å². The highest BCUT2D eigenvalue weighted by Gasteiger charge is 2.32. The number of nitrogens with one attached hydrogen (secondary N) is 1. The molecule has 0 aromatic heterocycles. The van der Waals surface area contributed by atoms with Crippen LogP contribution in [0.5, 0.6) is 0 Å². The fraction of sp³-hybridized carbons (Fsp3) is 0.833. The largest absolute Gasteiger partial charge is 0.444 e. The van der Waals surface area contributed by atoms with Gasteiger partial charge in [-0.05, 0) is 33.6 Å². The smallest absolute Gasteiger partial charge is 0.410 e. The molecule has 1 fully saturated rings. The molecular formula is C12H22N2O3. The zero-order valence-electron chi connectivity index (χ0n) is 11.1. The molecule has 0 unspecified atom stereocenters. The predicted octanol–water partition coefficient (Wildman–Crippen LogP) is 1.52. The van der Waals surface area contributed by atoms with Gasteiger partial charge >= 0.3 is 6.09 Å². The molecule has 0 aliphatic carbocycles. The number of ether oxygens (including phenoxy) is 1. The van der Waals surface area contributed by atoms with Crippen LogP contribution in [0.3, 0.4) is 0 Å². The summed E-state index contributed by atoms with van der Waals surface area (Å²) in [6, 6.07) is -0.410. The summed E-state index contributed by atoms with van der Waals surface area (Å²) in [5.41, 5.74) is -0.530. The number of carbonyl (C=O) groups excluding carboxylic acids is 2. The van der Waals surface area contributed by atoms with E-state index >= 15 is 0 Å². The summed E-state index contributed by atoms with van der Waals surface area (Å²) >= 11 is 0. The number of rotatable bonds is 1. The SMILES string of the molecule is CC[C@H]1C(=O)NCCCN1C(=O)OC(C)(C)C. The highest BCUT2D eigenvalue weighted by atomic mass is 16.6. The Morgan fingerprint density at radius 3 is 2.71 bits per heavy atom. The Bertz CT molecular complexity index is 297. The average Bonchev–Trinajstić information content (AvgIpc) is 2.37. The minimum Gasteiger partial charge on any atom is -0.444 e. The molecule has 17 heavy (non-hydrogen) atoms. The van der Waals surface area contributed by atoms with E-state index in [-0.39, 0.29) is 5.91 Å². The summed E-state index contributed by atoms with van der Waals surface area (Å²) in [6.45, 7) is 8.55. The van der Waals surface area contributed by atoms with Gasteiger partial charge in [0, 0.05) is 13.1 Å². The third-order valence-corrected chi connectivity index (χ3v) is 2.57. The van der Waals surface area contributed by atoms with Gasteiger partial charge in [-0.1, -0.05) is 6.92 Å². The van der Waals surface area contributed by atoms with Gasteiger partial charge in [-0.3, -0.25) is 9.69 Å². The first kappa shape index (κ1) is 13.8. The van der Waals surface area contributed by atoms with Gasteiger partial charge < -0.3 is 10.1 Å². The second-order valence-corrected chi connectivity index (χ2v) is 5.24. The molecule has 5 heteroatoms. The van der Waals surface area contributed by atoms with Gasteiger partial charge in [-0.25, -0.2) is 4.79 Å². The minimum absolute atomic E-state index is 0.0872. The molecule has 1 atom stereocenters. The van der Waals surface area contributed by atoms with Gasteiger partial charge in [-0.2, -0.15) is 0 Å². The van der Waals surface area contributed by atoms with Crippen LogP contribution in [-0.2, 0) is 9.53 Å². The van der Waals surface area contributed by atoms with E-state index in [0.717, 1.165) is 6.42 Å². The molecular weight excluding hydrogens is 220 g/mol. The summed E-state index contributed by atoms with van der Waals surface area (Å²) in [4.78, 5) is 25.3. The summed E-state index contributed by atoms with van der Waals surface area (Å²) in [5, 5.41) is 2.80. The van der Waals surface area contributed by atoms with Crippen molar-refractivity contribution in [1.82, 2.24) is 10.2 Å². The fourth-order valence-corrected chi connectivity index (χ4v) is 1.82. The second kappa shape index (κ2) is 5.38. The molecule has 0 aromatic rings. The molecule has 2 amide bonds. The van der Waals surface area contributed by atoms with Crippen molar-refractivity contribution in [2.45, 2.75) is 52.2 Å². The maximum Gasteiger partial charge on any atom is 0.410 e. The third kappa shape index (κ3) is 3.91. The van der Waals surface area contributed by atoms with Crippen LogP contribution >= 0.6 is 0 Å². The molecule has 1 aliphatic heterocycles. The Labute approximate surface area is 102 Å². The number of hydrogen-bond donors (Lipinski definition) is 1. The quantitative estimate of drug-likeness (QED) is 0.758. The van der Waals surface area contributed by atoms with E-state index in [1.165, 1.54) is 4.90 Å². The molecule has 0 bridgehead atoms. The lowest BCUT2D eigenvalue weighted by atomic mass is 10.2. The standard InChI is InChI=1S/C12H22N2O3/c1-5-9-10(15)13-7-6-8-14(9)11(16)17-12(2,3)4/h9H,5-8H2,1-4H3,(H,13,15)/t9-/m0/s1. The van der Waals surface area contributed by atoms with Crippen LogP contribution in [0.4, 0.5) is 4.79 Å². The van der Waals surface area contributed by atoms with Crippen molar-refractivity contribution in [3.8, 4) is 0 Å². The molecule has 1 saturated heterocycles. The molecule has 1 rings (SSSR count). The van der Waals surface area contributed by atoms with E-state index in [1.807, 2.05) is 27.7 Å². The van der Waals surface area contributed by atoms with Gasteiger partial charge in [-0.15, -0.1) is 0 Å². The van der Waals surface area contributed by atoms with E-state index < -0.39 is 17.7 Å². The van der Waals surface area contributed by atoms with Crippen LogP contribution in [0.15, 0.2) is 0 Å². The normalized spacial score (nSPS) is 21.8. The fourth-order valence-electron chi connectivity index (χ4n) is 1.82. The summed E-state index contributed by atoms with van der Waals surface area (Å²) in [6.07, 6.45) is 0.966. The van der Waals surface area contributed by atoms with Crippen molar-refractivity contribution < 1.29 is 14.3 Å². The van der Waals surface area contributed by atoms with Crippen molar-refractivity contribution in [3.05, 3.63) is 0 Å². The zero-order valence-corrected chi connectivity index (χ0v) is 11.1. The molecule has 1 heterocycles. The van der Waals surface area contributed by atoms with Crippen LogP contribution in [0.2, 0.25) is 0 Å². The number of hydrogen-bond acceptors (Lipinski definition) is 3. The first-order chi connectivity index (χ1) is 7.85. The van der Waals surface area contributed by atoms with Crippen molar-refractivity contribution in [1.29, 1.82) is 0 Å². The minimum atomic E-state index is -0.530. The van der Waals surface area contributed by atoms with Gasteiger partial charge in [0.15, 0.2) is 0 Å². The van der Waals surface area contributed by atoms with Crippen LogP contribution in [0, 0.1) is 0 Å². The molecule has 0 spiro atoms. The molecule has 98 valence electrons. The Kier molecular flexibility index (Phi) is 4.37. The number of amides is 2. The van der Waals surface area contributed by atoms with Gasteiger partial charge in [0.05, 0.1) is 0 Å². The van der Waals surface area contributed by atoms with Crippen LogP contribution in [-0.4, -0.2) is 41.6 Å². The molecule has 0 radical (unpaired) electrons. The predicted molar refractivity (Wildman–Crippen MR) is 64.6 cm³/mol. The van der Waals surface area contributed by atoms with Crippen LogP contribution in [0.1, 0.15) is 40.5 Å². The Morgan fingerprint density at radius 1 is 1.53 bits per heavy atom. The maximum atomic E-state index is 12.0. The highest BCUT2D eigenvalue weighted by molar-refractivity contribution is 5.86. The van der Waals surface area contributed by atoms with E-state index in [2.05, 4.69) is 5.32 Å². The van der Waals surface area contributed by atoms with E-state index in [9.17, 15) is 9.59 Å². The van der Waals surface area contributed by atoms with E-state index in [4.69, 9.17) is 4.74 Å². The van der Waals surface area contributed by atoms with Gasteiger partial charge in [0.25, 0.3) is 0 Å². The van der Waals surface area contributed by atoms with Crippen molar-refractivity contribution in [3.63, 3.8) is 0 Å². The summed E-state index contributed by atoms with van der Waals surface area (Å²) in [7, 11) is 0. The number of nitrogens with zero attached hydrogens (tertiary/aromatic N) is 1. The van der Waals surface area contributed by atoms with Gasteiger partial charge in [0.2, 0.25) is 5.91 Å². The molecule has 5 nitrogen and oxygen atoms in total. The first-order valence-corrected chi connectivity index (χ1v) is 6.12. The Hall–Kier alpha value is -1.26.